The highest BCUT2D eigenvalue weighted by molar-refractivity contribution is 5.82. The van der Waals surface area contributed by atoms with Gasteiger partial charge in [0.05, 0.1) is 12.0 Å². The minimum absolute atomic E-state index is 0.0736. The van der Waals surface area contributed by atoms with Crippen molar-refractivity contribution in [2.75, 3.05) is 13.1 Å². The smallest absolute Gasteiger partial charge is 0.330 e. The molecule has 1 aliphatic heterocycles. The highest BCUT2D eigenvalue weighted by Crippen LogP contribution is 2.18. The number of rotatable bonds is 2. The molecule has 0 bridgehead atoms. The van der Waals surface area contributed by atoms with E-state index in [0.29, 0.717) is 19.5 Å². The quantitative estimate of drug-likeness (QED) is 0.756. The molecule has 1 unspecified atom stereocenters. The van der Waals surface area contributed by atoms with E-state index < -0.39 is 5.41 Å². The zero-order valence-corrected chi connectivity index (χ0v) is 10.4. The van der Waals surface area contributed by atoms with Crippen molar-refractivity contribution in [3.05, 3.63) is 0 Å². The van der Waals surface area contributed by atoms with E-state index in [-0.39, 0.29) is 17.9 Å². The number of hydrogen-bond acceptors (Lipinski definition) is 4. The minimum Gasteiger partial charge on any atom is -0.367 e. The van der Waals surface area contributed by atoms with Gasteiger partial charge in [0.15, 0.2) is 0 Å². The average molecular weight is 228 g/mol. The third-order valence-corrected chi connectivity index (χ3v) is 2.48. The zero-order chi connectivity index (χ0) is 12.3. The van der Waals surface area contributed by atoms with Crippen LogP contribution in [0.25, 0.3) is 0 Å². The Hall–Kier alpha value is -1.10. The summed E-state index contributed by atoms with van der Waals surface area (Å²) in [7, 11) is 0. The predicted molar refractivity (Wildman–Crippen MR) is 59.3 cm³/mol. The molecule has 0 aromatic heterocycles. The van der Waals surface area contributed by atoms with Crippen molar-refractivity contribution in [1.29, 1.82) is 0 Å². The van der Waals surface area contributed by atoms with Gasteiger partial charge in [0, 0.05) is 6.54 Å². The second kappa shape index (κ2) is 4.82. The second-order valence-electron chi connectivity index (χ2n) is 4.98. The molecule has 1 N–H and O–H groups in total. The lowest BCUT2D eigenvalue weighted by Gasteiger charge is -2.34. The van der Waals surface area contributed by atoms with E-state index in [4.69, 9.17) is 4.84 Å². The first-order chi connectivity index (χ1) is 7.36. The lowest BCUT2D eigenvalue weighted by Crippen LogP contribution is -2.55. The second-order valence-corrected chi connectivity index (χ2v) is 4.98. The molecule has 1 heterocycles. The van der Waals surface area contributed by atoms with Crippen LogP contribution in [-0.2, 0) is 14.4 Å². The number of nitrogens with zero attached hydrogens (tertiary/aromatic N) is 1. The summed E-state index contributed by atoms with van der Waals surface area (Å²) in [5.74, 6) is -0.379. The Morgan fingerprint density at radius 1 is 1.56 bits per heavy atom. The maximum atomic E-state index is 11.7. The predicted octanol–water partition coefficient (Wildman–Crippen LogP) is 0.701. The molecule has 1 aliphatic rings. The highest BCUT2D eigenvalue weighted by atomic mass is 16.7. The lowest BCUT2D eigenvalue weighted by molar-refractivity contribution is -0.215. The molecule has 0 aromatic rings. The van der Waals surface area contributed by atoms with Gasteiger partial charge in [0.25, 0.3) is 0 Å². The highest BCUT2D eigenvalue weighted by Gasteiger charge is 2.34. The van der Waals surface area contributed by atoms with Crippen LogP contribution in [-0.4, -0.2) is 36.1 Å². The van der Waals surface area contributed by atoms with Gasteiger partial charge in [0.2, 0.25) is 5.91 Å². The number of piperazine rings is 1. The van der Waals surface area contributed by atoms with E-state index in [1.807, 2.05) is 6.92 Å². The van der Waals surface area contributed by atoms with Gasteiger partial charge in [-0.2, -0.15) is 0 Å². The molecule has 0 radical (unpaired) electrons. The Balaban J connectivity index is 2.65. The van der Waals surface area contributed by atoms with Crippen molar-refractivity contribution in [2.24, 2.45) is 5.41 Å². The van der Waals surface area contributed by atoms with E-state index in [9.17, 15) is 9.59 Å². The molecule has 1 rings (SSSR count). The van der Waals surface area contributed by atoms with Gasteiger partial charge >= 0.3 is 5.97 Å². The van der Waals surface area contributed by atoms with Crippen LogP contribution >= 0.6 is 0 Å². The molecule has 0 aromatic carbocycles. The van der Waals surface area contributed by atoms with Crippen LogP contribution in [0.2, 0.25) is 0 Å². The molecule has 1 saturated heterocycles. The zero-order valence-electron chi connectivity index (χ0n) is 10.4. The Bertz CT molecular complexity index is 283. The molecule has 0 saturated carbocycles. The fourth-order valence-electron chi connectivity index (χ4n) is 1.44. The van der Waals surface area contributed by atoms with Gasteiger partial charge in [-0.25, -0.2) is 4.79 Å². The third-order valence-electron chi connectivity index (χ3n) is 2.48. The first kappa shape index (κ1) is 13.0. The number of carbonyl (C=O) groups is 2. The maximum absolute atomic E-state index is 11.7. The fourth-order valence-corrected chi connectivity index (χ4v) is 1.44. The van der Waals surface area contributed by atoms with Gasteiger partial charge in [-0.05, 0) is 27.2 Å². The molecule has 92 valence electrons. The molecule has 1 fully saturated rings. The molecule has 5 nitrogen and oxygen atoms in total. The van der Waals surface area contributed by atoms with Crippen molar-refractivity contribution >= 4 is 11.9 Å². The molecular formula is C11H20N2O3. The summed E-state index contributed by atoms with van der Waals surface area (Å²) in [5.41, 5.74) is -0.549. The number of hydrogen-bond donors (Lipinski definition) is 1. The van der Waals surface area contributed by atoms with Crippen LogP contribution < -0.4 is 5.32 Å². The average Bonchev–Trinajstić information content (AvgIpc) is 2.16. The maximum Gasteiger partial charge on any atom is 0.330 e. The Labute approximate surface area is 96.1 Å². The van der Waals surface area contributed by atoms with Crippen molar-refractivity contribution in [2.45, 2.75) is 40.2 Å². The van der Waals surface area contributed by atoms with E-state index in [2.05, 4.69) is 5.32 Å². The Morgan fingerprint density at radius 2 is 2.19 bits per heavy atom. The summed E-state index contributed by atoms with van der Waals surface area (Å²) < 4.78 is 0. The van der Waals surface area contributed by atoms with Gasteiger partial charge in [0.1, 0.15) is 6.04 Å². The first-order valence-electron chi connectivity index (χ1n) is 5.63. The van der Waals surface area contributed by atoms with Crippen LogP contribution in [0.3, 0.4) is 0 Å². The third kappa shape index (κ3) is 2.95. The molecule has 16 heavy (non-hydrogen) atoms. The first-order valence-corrected chi connectivity index (χ1v) is 5.63. The van der Waals surface area contributed by atoms with Gasteiger partial charge in [-0.15, -0.1) is 5.06 Å². The number of carbonyl (C=O) groups excluding carboxylic acids is 2. The SMILES string of the molecule is CCC1C(=O)NCCN1OC(=O)C(C)(C)C. The summed E-state index contributed by atoms with van der Waals surface area (Å²) >= 11 is 0. The van der Waals surface area contributed by atoms with E-state index in [1.165, 1.54) is 5.06 Å². The number of amides is 1. The number of nitrogens with one attached hydrogen (secondary N) is 1. The normalized spacial score (nSPS) is 22.8. The van der Waals surface area contributed by atoms with Crippen LogP contribution in [0.5, 0.6) is 0 Å². The van der Waals surface area contributed by atoms with Crippen molar-refractivity contribution in [3.63, 3.8) is 0 Å². The minimum atomic E-state index is -0.549. The standard InChI is InChI=1S/C11H20N2O3/c1-5-8-9(14)12-6-7-13(8)16-10(15)11(2,3)4/h8H,5-7H2,1-4H3,(H,12,14). The fraction of sp³-hybridized carbons (Fsp3) is 0.818. The summed E-state index contributed by atoms with van der Waals surface area (Å²) in [6.45, 7) is 8.34. The van der Waals surface area contributed by atoms with Crippen molar-refractivity contribution in [1.82, 2.24) is 10.4 Å². The molecular weight excluding hydrogens is 208 g/mol. The van der Waals surface area contributed by atoms with Gasteiger partial charge in [-0.3, -0.25) is 4.79 Å². The molecule has 1 atom stereocenters. The van der Waals surface area contributed by atoms with E-state index >= 15 is 0 Å². The van der Waals surface area contributed by atoms with E-state index in [0.717, 1.165) is 0 Å². The largest absolute Gasteiger partial charge is 0.367 e. The molecule has 5 heteroatoms. The summed E-state index contributed by atoms with van der Waals surface area (Å²) in [4.78, 5) is 28.5. The van der Waals surface area contributed by atoms with Crippen molar-refractivity contribution < 1.29 is 14.4 Å². The topological polar surface area (TPSA) is 58.6 Å². The molecule has 0 aliphatic carbocycles. The molecule has 1 amide bonds. The summed E-state index contributed by atoms with van der Waals surface area (Å²) in [5, 5.41) is 4.25. The van der Waals surface area contributed by atoms with Gasteiger partial charge in [-0.1, -0.05) is 6.92 Å². The Morgan fingerprint density at radius 3 is 2.69 bits per heavy atom. The van der Waals surface area contributed by atoms with Crippen molar-refractivity contribution in [3.8, 4) is 0 Å². The van der Waals surface area contributed by atoms with E-state index in [1.54, 1.807) is 20.8 Å². The summed E-state index contributed by atoms with van der Waals surface area (Å²) in [6.07, 6.45) is 0.628. The molecule has 0 spiro atoms. The Kier molecular flexibility index (Phi) is 3.91. The van der Waals surface area contributed by atoms with Crippen LogP contribution in [0.4, 0.5) is 0 Å². The van der Waals surface area contributed by atoms with Crippen LogP contribution in [0, 0.1) is 5.41 Å². The van der Waals surface area contributed by atoms with Crippen LogP contribution in [0.1, 0.15) is 34.1 Å². The number of hydroxylamine groups is 2. The van der Waals surface area contributed by atoms with Gasteiger partial charge < -0.3 is 10.2 Å². The summed E-state index contributed by atoms with van der Waals surface area (Å²) in [6, 6.07) is -0.361. The van der Waals surface area contributed by atoms with Crippen LogP contribution in [0.15, 0.2) is 0 Å². The monoisotopic (exact) mass is 228 g/mol. The lowest BCUT2D eigenvalue weighted by atomic mass is 9.98.